The SMILES string of the molecule is Cc1ccnc(N)c1CN1CC(C)c2ccccc21. The normalized spacial score (nSPS) is 17.6. The molecule has 0 saturated heterocycles. The molecule has 1 aliphatic heterocycles. The average molecular weight is 253 g/mol. The highest BCUT2D eigenvalue weighted by Gasteiger charge is 2.25. The summed E-state index contributed by atoms with van der Waals surface area (Å²) in [6, 6.07) is 10.7. The van der Waals surface area contributed by atoms with Crippen LogP contribution in [0.3, 0.4) is 0 Å². The van der Waals surface area contributed by atoms with Gasteiger partial charge in [-0.15, -0.1) is 0 Å². The number of hydrogen-bond acceptors (Lipinski definition) is 3. The molecule has 0 aliphatic carbocycles. The maximum atomic E-state index is 6.02. The van der Waals surface area contributed by atoms with Crippen LogP contribution in [0.15, 0.2) is 36.5 Å². The lowest BCUT2D eigenvalue weighted by Crippen LogP contribution is -2.22. The number of nitrogens with zero attached hydrogens (tertiary/aromatic N) is 2. The van der Waals surface area contributed by atoms with Crippen molar-refractivity contribution in [3.05, 3.63) is 53.2 Å². The van der Waals surface area contributed by atoms with Crippen molar-refractivity contribution in [2.24, 2.45) is 0 Å². The molecule has 19 heavy (non-hydrogen) atoms. The first-order valence-corrected chi connectivity index (χ1v) is 6.70. The Morgan fingerprint density at radius 3 is 2.89 bits per heavy atom. The third-order valence-corrected chi connectivity index (χ3v) is 3.97. The lowest BCUT2D eigenvalue weighted by atomic mass is 10.0. The summed E-state index contributed by atoms with van der Waals surface area (Å²) in [5, 5.41) is 0. The van der Waals surface area contributed by atoms with Gasteiger partial charge in [-0.1, -0.05) is 25.1 Å². The molecular weight excluding hydrogens is 234 g/mol. The molecule has 0 radical (unpaired) electrons. The van der Waals surface area contributed by atoms with Gasteiger partial charge in [0.25, 0.3) is 0 Å². The molecule has 0 amide bonds. The van der Waals surface area contributed by atoms with Gasteiger partial charge in [0.15, 0.2) is 0 Å². The molecule has 2 N–H and O–H groups in total. The van der Waals surface area contributed by atoms with Crippen molar-refractivity contribution >= 4 is 11.5 Å². The van der Waals surface area contributed by atoms with E-state index in [-0.39, 0.29) is 0 Å². The third-order valence-electron chi connectivity index (χ3n) is 3.97. The number of aromatic nitrogens is 1. The minimum atomic E-state index is 0.578. The van der Waals surface area contributed by atoms with Crippen molar-refractivity contribution in [2.75, 3.05) is 17.2 Å². The first-order valence-electron chi connectivity index (χ1n) is 6.70. The molecule has 1 unspecified atom stereocenters. The second-order valence-electron chi connectivity index (χ2n) is 5.33. The fourth-order valence-electron chi connectivity index (χ4n) is 2.88. The highest BCUT2D eigenvalue weighted by Crippen LogP contribution is 2.37. The van der Waals surface area contributed by atoms with Crippen molar-refractivity contribution in [3.63, 3.8) is 0 Å². The summed E-state index contributed by atoms with van der Waals surface area (Å²) in [6.07, 6.45) is 1.77. The maximum absolute atomic E-state index is 6.02. The van der Waals surface area contributed by atoms with Gasteiger partial charge in [0.1, 0.15) is 5.82 Å². The zero-order valence-corrected chi connectivity index (χ0v) is 11.4. The van der Waals surface area contributed by atoms with E-state index in [2.05, 4.69) is 48.0 Å². The molecule has 1 atom stereocenters. The van der Waals surface area contributed by atoms with Crippen LogP contribution < -0.4 is 10.6 Å². The summed E-state index contributed by atoms with van der Waals surface area (Å²) in [5.74, 6) is 1.23. The van der Waals surface area contributed by atoms with Gasteiger partial charge in [-0.3, -0.25) is 0 Å². The van der Waals surface area contributed by atoms with E-state index in [0.717, 1.165) is 18.7 Å². The lowest BCUT2D eigenvalue weighted by molar-refractivity contribution is 0.744. The Morgan fingerprint density at radius 2 is 2.11 bits per heavy atom. The molecule has 98 valence electrons. The van der Waals surface area contributed by atoms with E-state index in [1.807, 2.05) is 6.07 Å². The number of fused-ring (bicyclic) bond motifs is 1. The van der Waals surface area contributed by atoms with Crippen molar-refractivity contribution in [1.82, 2.24) is 4.98 Å². The van der Waals surface area contributed by atoms with Gasteiger partial charge in [0.2, 0.25) is 0 Å². The van der Waals surface area contributed by atoms with E-state index in [1.165, 1.54) is 16.8 Å². The fraction of sp³-hybridized carbons (Fsp3) is 0.312. The van der Waals surface area contributed by atoms with E-state index >= 15 is 0 Å². The Balaban J connectivity index is 1.94. The molecule has 1 aromatic carbocycles. The number of rotatable bonds is 2. The quantitative estimate of drug-likeness (QED) is 0.894. The van der Waals surface area contributed by atoms with Crippen LogP contribution in [0, 0.1) is 6.92 Å². The molecule has 3 heteroatoms. The van der Waals surface area contributed by atoms with Crippen LogP contribution in [0.5, 0.6) is 0 Å². The predicted octanol–water partition coefficient (Wildman–Crippen LogP) is 3.10. The minimum Gasteiger partial charge on any atom is -0.383 e. The monoisotopic (exact) mass is 253 g/mol. The second-order valence-corrected chi connectivity index (χ2v) is 5.33. The van der Waals surface area contributed by atoms with Crippen molar-refractivity contribution < 1.29 is 0 Å². The van der Waals surface area contributed by atoms with Crippen molar-refractivity contribution in [3.8, 4) is 0 Å². The minimum absolute atomic E-state index is 0.578. The van der Waals surface area contributed by atoms with Gasteiger partial charge in [-0.2, -0.15) is 0 Å². The number of hydrogen-bond donors (Lipinski definition) is 1. The molecule has 1 aromatic heterocycles. The van der Waals surface area contributed by atoms with Gasteiger partial charge in [-0.05, 0) is 30.2 Å². The zero-order valence-electron chi connectivity index (χ0n) is 11.4. The Hall–Kier alpha value is -2.03. The maximum Gasteiger partial charge on any atom is 0.128 e. The van der Waals surface area contributed by atoms with Gasteiger partial charge in [-0.25, -0.2) is 4.98 Å². The van der Waals surface area contributed by atoms with Crippen LogP contribution in [0.25, 0.3) is 0 Å². The third kappa shape index (κ3) is 2.05. The number of nitrogens with two attached hydrogens (primary N) is 1. The van der Waals surface area contributed by atoms with Crippen molar-refractivity contribution in [1.29, 1.82) is 0 Å². The molecule has 2 heterocycles. The number of benzene rings is 1. The summed E-state index contributed by atoms with van der Waals surface area (Å²) < 4.78 is 0. The second kappa shape index (κ2) is 4.57. The van der Waals surface area contributed by atoms with E-state index < -0.39 is 0 Å². The highest BCUT2D eigenvalue weighted by atomic mass is 15.2. The molecule has 1 aliphatic rings. The lowest BCUT2D eigenvalue weighted by Gasteiger charge is -2.21. The van der Waals surface area contributed by atoms with Crippen LogP contribution in [0.1, 0.15) is 29.5 Å². The topological polar surface area (TPSA) is 42.1 Å². The van der Waals surface area contributed by atoms with Crippen LogP contribution in [0.2, 0.25) is 0 Å². The van der Waals surface area contributed by atoms with E-state index in [4.69, 9.17) is 5.73 Å². The zero-order chi connectivity index (χ0) is 13.4. The molecular formula is C16H19N3. The molecule has 3 nitrogen and oxygen atoms in total. The van der Waals surface area contributed by atoms with Gasteiger partial charge < -0.3 is 10.6 Å². The van der Waals surface area contributed by atoms with Gasteiger partial charge in [0.05, 0.1) is 0 Å². The van der Waals surface area contributed by atoms with E-state index in [9.17, 15) is 0 Å². The Bertz CT molecular complexity index is 586. The largest absolute Gasteiger partial charge is 0.383 e. The van der Waals surface area contributed by atoms with Crippen LogP contribution in [-0.2, 0) is 6.54 Å². The predicted molar refractivity (Wildman–Crippen MR) is 79.3 cm³/mol. The highest BCUT2D eigenvalue weighted by molar-refractivity contribution is 5.61. The first kappa shape index (κ1) is 12.0. The Kier molecular flexibility index (Phi) is 2.90. The van der Waals surface area contributed by atoms with Crippen LogP contribution in [-0.4, -0.2) is 11.5 Å². The van der Waals surface area contributed by atoms with E-state index in [0.29, 0.717) is 11.7 Å². The molecule has 0 spiro atoms. The summed E-state index contributed by atoms with van der Waals surface area (Å²) in [6.45, 7) is 6.26. The molecule has 0 fully saturated rings. The van der Waals surface area contributed by atoms with Crippen LogP contribution >= 0.6 is 0 Å². The molecule has 3 rings (SSSR count). The van der Waals surface area contributed by atoms with Crippen molar-refractivity contribution in [2.45, 2.75) is 26.3 Å². The smallest absolute Gasteiger partial charge is 0.128 e. The number of pyridine rings is 1. The standard InChI is InChI=1S/C16H19N3/c1-11-7-8-18-16(17)14(11)10-19-9-12(2)13-5-3-4-6-15(13)19/h3-8,12H,9-10H2,1-2H3,(H2,17,18). The average Bonchev–Trinajstić information content (AvgIpc) is 2.72. The van der Waals surface area contributed by atoms with Gasteiger partial charge >= 0.3 is 0 Å². The first-order chi connectivity index (χ1) is 9.16. The summed E-state index contributed by atoms with van der Waals surface area (Å²) in [7, 11) is 0. The molecule has 0 bridgehead atoms. The summed E-state index contributed by atoms with van der Waals surface area (Å²) >= 11 is 0. The van der Waals surface area contributed by atoms with Gasteiger partial charge in [0, 0.05) is 36.5 Å². The van der Waals surface area contributed by atoms with Crippen LogP contribution in [0.4, 0.5) is 11.5 Å². The fourth-order valence-corrected chi connectivity index (χ4v) is 2.88. The number of aryl methyl sites for hydroxylation is 1. The Morgan fingerprint density at radius 1 is 1.32 bits per heavy atom. The number of anilines is 2. The molecule has 0 saturated carbocycles. The number of nitrogen functional groups attached to an aromatic ring is 1. The molecule has 2 aromatic rings. The van der Waals surface area contributed by atoms with E-state index in [1.54, 1.807) is 6.20 Å². The summed E-state index contributed by atoms with van der Waals surface area (Å²) in [5.41, 5.74) is 11.1. The summed E-state index contributed by atoms with van der Waals surface area (Å²) in [4.78, 5) is 6.61. The Labute approximate surface area is 114 Å². The number of para-hydroxylation sites is 1.